The molecule has 0 radical (unpaired) electrons. The van der Waals surface area contributed by atoms with Crippen molar-refractivity contribution in [2.24, 2.45) is 28.6 Å². The van der Waals surface area contributed by atoms with E-state index in [2.05, 4.69) is 24.8 Å². The van der Waals surface area contributed by atoms with Crippen molar-refractivity contribution >= 4 is 0 Å². The zero-order valence-corrected chi connectivity index (χ0v) is 16.7. The van der Waals surface area contributed by atoms with E-state index in [4.69, 9.17) is 0 Å². The molecule has 26 heavy (non-hydrogen) atoms. The lowest BCUT2D eigenvalue weighted by Gasteiger charge is -2.61. The number of nitrogens with zero attached hydrogens (tertiary/aromatic N) is 1. The number of likely N-dealkylation sites (tertiary alicyclic amines) is 1. The van der Waals surface area contributed by atoms with E-state index >= 15 is 0 Å². The van der Waals surface area contributed by atoms with E-state index in [0.29, 0.717) is 12.0 Å². The third-order valence-electron chi connectivity index (χ3n) is 9.71. The van der Waals surface area contributed by atoms with Crippen LogP contribution in [0, 0.1) is 28.6 Å². The van der Waals surface area contributed by atoms with Crippen LogP contribution in [0.1, 0.15) is 71.6 Å². The van der Waals surface area contributed by atoms with Crippen molar-refractivity contribution in [1.29, 1.82) is 0 Å². The van der Waals surface area contributed by atoms with E-state index < -0.39 is 0 Å². The number of aliphatic hydroxyl groups excluding tert-OH is 2. The Hall–Kier alpha value is -0.380. The molecule has 1 unspecified atom stereocenters. The quantitative estimate of drug-likeness (QED) is 0.701. The highest BCUT2D eigenvalue weighted by Gasteiger charge is 2.61. The van der Waals surface area contributed by atoms with E-state index in [1.807, 2.05) is 0 Å². The van der Waals surface area contributed by atoms with Gasteiger partial charge in [-0.25, -0.2) is 0 Å². The van der Waals surface area contributed by atoms with E-state index in [-0.39, 0.29) is 23.0 Å². The molecule has 3 heteroatoms. The third-order valence-corrected chi connectivity index (χ3v) is 9.71. The molecule has 1 heterocycles. The van der Waals surface area contributed by atoms with E-state index in [9.17, 15) is 10.2 Å². The topological polar surface area (TPSA) is 43.7 Å². The lowest BCUT2D eigenvalue weighted by molar-refractivity contribution is -0.0957. The highest BCUT2D eigenvalue weighted by atomic mass is 16.3. The molecule has 8 atom stereocenters. The predicted molar refractivity (Wildman–Crippen MR) is 104 cm³/mol. The summed E-state index contributed by atoms with van der Waals surface area (Å²) in [5.74, 6) is 2.17. The van der Waals surface area contributed by atoms with Crippen LogP contribution in [0.15, 0.2) is 11.6 Å². The Morgan fingerprint density at radius 2 is 1.81 bits per heavy atom. The Morgan fingerprint density at radius 1 is 1.04 bits per heavy atom. The molecule has 0 aromatic carbocycles. The van der Waals surface area contributed by atoms with Crippen molar-refractivity contribution in [3.05, 3.63) is 11.6 Å². The van der Waals surface area contributed by atoms with Crippen LogP contribution in [0.5, 0.6) is 0 Å². The Bertz CT molecular complexity index is 597. The average molecular weight is 360 g/mol. The number of fused-ring (bicyclic) bond motifs is 5. The van der Waals surface area contributed by atoms with Gasteiger partial charge in [-0.3, -0.25) is 4.90 Å². The number of allylic oxidation sites excluding steroid dienone is 1. The smallest absolute Gasteiger partial charge is 0.0596 e. The molecule has 146 valence electrons. The molecule has 4 fully saturated rings. The minimum Gasteiger partial charge on any atom is -0.393 e. The summed E-state index contributed by atoms with van der Waals surface area (Å²) < 4.78 is 0. The molecule has 3 saturated carbocycles. The Kier molecular flexibility index (Phi) is 4.12. The molecule has 0 bridgehead atoms. The van der Waals surface area contributed by atoms with Crippen LogP contribution in [0.2, 0.25) is 0 Å². The van der Waals surface area contributed by atoms with Crippen LogP contribution < -0.4 is 0 Å². The van der Waals surface area contributed by atoms with E-state index in [1.54, 1.807) is 5.57 Å². The molecule has 0 aromatic rings. The summed E-state index contributed by atoms with van der Waals surface area (Å²) in [7, 11) is 0. The highest BCUT2D eigenvalue weighted by Crippen LogP contribution is 2.65. The molecular weight excluding hydrogens is 322 g/mol. The first-order valence-electron chi connectivity index (χ1n) is 11.2. The van der Waals surface area contributed by atoms with Crippen molar-refractivity contribution in [2.45, 2.75) is 89.9 Å². The molecule has 0 spiro atoms. The van der Waals surface area contributed by atoms with Crippen LogP contribution in [0.4, 0.5) is 0 Å². The molecule has 5 aliphatic rings. The van der Waals surface area contributed by atoms with Gasteiger partial charge in [-0.1, -0.05) is 25.5 Å². The summed E-state index contributed by atoms with van der Waals surface area (Å²) in [5, 5.41) is 21.3. The fraction of sp³-hybridized carbons (Fsp3) is 0.913. The van der Waals surface area contributed by atoms with Gasteiger partial charge in [0.05, 0.1) is 12.2 Å². The average Bonchev–Trinajstić information content (AvgIpc) is 3.24. The lowest BCUT2D eigenvalue weighted by Crippen LogP contribution is -2.60. The summed E-state index contributed by atoms with van der Waals surface area (Å²) >= 11 is 0. The Balaban J connectivity index is 1.53. The first-order chi connectivity index (χ1) is 12.4. The molecule has 1 saturated heterocycles. The maximum Gasteiger partial charge on any atom is 0.0596 e. The van der Waals surface area contributed by atoms with E-state index in [0.717, 1.165) is 31.1 Å². The molecule has 4 aliphatic carbocycles. The van der Waals surface area contributed by atoms with E-state index in [1.165, 1.54) is 51.6 Å². The monoisotopic (exact) mass is 359 g/mol. The lowest BCUT2D eigenvalue weighted by atomic mass is 9.46. The summed E-state index contributed by atoms with van der Waals surface area (Å²) in [6.45, 7) is 7.36. The molecule has 0 aromatic heterocycles. The normalized spacial score (nSPS) is 54.4. The summed E-state index contributed by atoms with van der Waals surface area (Å²) in [4.78, 5) is 2.72. The number of rotatable bonds is 1. The maximum atomic E-state index is 10.7. The van der Waals surface area contributed by atoms with Gasteiger partial charge < -0.3 is 10.2 Å². The van der Waals surface area contributed by atoms with Gasteiger partial charge in [-0.2, -0.15) is 0 Å². The number of aliphatic hydroxyl groups is 2. The second kappa shape index (κ2) is 6.06. The third kappa shape index (κ3) is 2.29. The first kappa shape index (κ1) is 17.7. The van der Waals surface area contributed by atoms with Crippen molar-refractivity contribution in [3.8, 4) is 0 Å². The minimum atomic E-state index is -0.154. The number of hydrogen-bond donors (Lipinski definition) is 2. The summed E-state index contributed by atoms with van der Waals surface area (Å²) in [6.07, 6.45) is 12.7. The van der Waals surface area contributed by atoms with Gasteiger partial charge in [0, 0.05) is 11.5 Å². The summed E-state index contributed by atoms with van der Waals surface area (Å²) in [6, 6.07) is 0.517. The van der Waals surface area contributed by atoms with Crippen LogP contribution >= 0.6 is 0 Å². The largest absolute Gasteiger partial charge is 0.393 e. The molecular formula is C23H37NO2. The fourth-order valence-electron chi connectivity index (χ4n) is 8.26. The van der Waals surface area contributed by atoms with Gasteiger partial charge in [0.1, 0.15) is 0 Å². The fourth-order valence-corrected chi connectivity index (χ4v) is 8.26. The maximum absolute atomic E-state index is 10.7. The van der Waals surface area contributed by atoms with Gasteiger partial charge >= 0.3 is 0 Å². The molecule has 3 nitrogen and oxygen atoms in total. The van der Waals surface area contributed by atoms with Crippen molar-refractivity contribution < 1.29 is 10.2 Å². The Labute approximate surface area is 158 Å². The first-order valence-corrected chi connectivity index (χ1v) is 11.2. The number of hydrogen-bond acceptors (Lipinski definition) is 3. The molecule has 0 amide bonds. The highest BCUT2D eigenvalue weighted by molar-refractivity contribution is 5.29. The molecule has 5 rings (SSSR count). The van der Waals surface area contributed by atoms with Crippen LogP contribution in [-0.2, 0) is 0 Å². The van der Waals surface area contributed by atoms with Crippen molar-refractivity contribution in [1.82, 2.24) is 4.90 Å². The second-order valence-electron chi connectivity index (χ2n) is 10.6. The van der Waals surface area contributed by atoms with Gasteiger partial charge in [0.25, 0.3) is 0 Å². The zero-order chi connectivity index (χ0) is 18.1. The van der Waals surface area contributed by atoms with Crippen LogP contribution in [0.25, 0.3) is 0 Å². The second-order valence-corrected chi connectivity index (χ2v) is 10.6. The SMILES string of the molecule is C[C@]12CC[C@H]3[C@@H](CC=C4C[C@@H](O)CC(N5CCCC5)[C@@]43C)[C@@H]1CC[C@@H]2O. The van der Waals surface area contributed by atoms with Crippen molar-refractivity contribution in [2.75, 3.05) is 13.1 Å². The van der Waals surface area contributed by atoms with Crippen LogP contribution in [0.3, 0.4) is 0 Å². The summed E-state index contributed by atoms with van der Waals surface area (Å²) in [5.41, 5.74) is 1.96. The minimum absolute atomic E-state index is 0.0887. The molecule has 1 aliphatic heterocycles. The van der Waals surface area contributed by atoms with Crippen LogP contribution in [-0.4, -0.2) is 46.5 Å². The predicted octanol–water partition coefficient (Wildman–Crippen LogP) is 3.75. The molecule has 2 N–H and O–H groups in total. The van der Waals surface area contributed by atoms with Gasteiger partial charge in [-0.15, -0.1) is 0 Å². The standard InChI is InChI=1S/C23H37NO2/c1-22-10-9-19-17(18(22)7-8-21(22)26)6-5-15-13-16(25)14-20(23(15,19)2)24-11-3-4-12-24/h5,16-21,25-26H,3-4,6-14H2,1-2H3/t16-,17+,18+,19+,20?,21+,22+,23+/m1/s1. The van der Waals surface area contributed by atoms with Gasteiger partial charge in [0.2, 0.25) is 0 Å². The van der Waals surface area contributed by atoms with Gasteiger partial charge in [-0.05, 0) is 94.0 Å². The van der Waals surface area contributed by atoms with Crippen molar-refractivity contribution in [3.63, 3.8) is 0 Å². The van der Waals surface area contributed by atoms with Gasteiger partial charge in [0.15, 0.2) is 0 Å². The zero-order valence-electron chi connectivity index (χ0n) is 16.7. The Morgan fingerprint density at radius 3 is 2.58 bits per heavy atom.